The molecule has 0 spiro atoms. The molecule has 25 heavy (non-hydrogen) atoms. The lowest BCUT2D eigenvalue weighted by molar-refractivity contribution is 0.0950. The van der Waals surface area contributed by atoms with E-state index in [9.17, 15) is 4.79 Å². The Balaban J connectivity index is 1.65. The highest BCUT2D eigenvalue weighted by atomic mass is 35.5. The summed E-state index contributed by atoms with van der Waals surface area (Å²) in [6.07, 6.45) is 1.54. The molecule has 2 aromatic carbocycles. The van der Waals surface area contributed by atoms with Gasteiger partial charge in [0.25, 0.3) is 5.91 Å². The topological polar surface area (TPSA) is 79.4 Å². The van der Waals surface area contributed by atoms with Crippen LogP contribution in [0.25, 0.3) is 11.3 Å². The van der Waals surface area contributed by atoms with Gasteiger partial charge in [-0.05, 0) is 42.0 Å². The van der Waals surface area contributed by atoms with Gasteiger partial charge in [-0.25, -0.2) is 5.43 Å². The van der Waals surface area contributed by atoms with Crippen LogP contribution in [0.3, 0.4) is 0 Å². The standard InChI is InChI=1S/C18H15ClN4O2/c1-25-13-8-6-12(7-9-13)11-20-23-18(24)17-10-16(21-22-17)14-4-2-3-5-15(14)19/h2-11H,1H3,(H,21,22)(H,23,24)/b20-11-. The predicted molar refractivity (Wildman–Crippen MR) is 97.1 cm³/mol. The molecule has 6 nitrogen and oxygen atoms in total. The molecule has 2 N–H and O–H groups in total. The second-order valence-electron chi connectivity index (χ2n) is 5.12. The summed E-state index contributed by atoms with van der Waals surface area (Å²) >= 11 is 6.13. The average Bonchev–Trinajstić information content (AvgIpc) is 3.12. The molecule has 0 atom stereocenters. The van der Waals surface area contributed by atoms with Crippen molar-refractivity contribution in [3.05, 3.63) is 70.9 Å². The van der Waals surface area contributed by atoms with E-state index < -0.39 is 5.91 Å². The van der Waals surface area contributed by atoms with Crippen molar-refractivity contribution in [3.8, 4) is 17.0 Å². The molecule has 1 heterocycles. The van der Waals surface area contributed by atoms with Gasteiger partial charge < -0.3 is 4.74 Å². The number of carbonyl (C=O) groups excluding carboxylic acids is 1. The Morgan fingerprint density at radius 2 is 2.00 bits per heavy atom. The summed E-state index contributed by atoms with van der Waals surface area (Å²) in [5.74, 6) is 0.362. The lowest BCUT2D eigenvalue weighted by Crippen LogP contribution is -2.17. The van der Waals surface area contributed by atoms with Gasteiger partial charge in [-0.1, -0.05) is 29.8 Å². The number of hydrogen-bond donors (Lipinski definition) is 2. The zero-order chi connectivity index (χ0) is 17.6. The molecule has 0 aliphatic carbocycles. The van der Waals surface area contributed by atoms with Crippen LogP contribution in [0.5, 0.6) is 5.75 Å². The van der Waals surface area contributed by atoms with E-state index in [0.717, 1.165) is 16.9 Å². The summed E-state index contributed by atoms with van der Waals surface area (Å²) in [6, 6.07) is 16.2. The Hall–Kier alpha value is -3.12. The first-order valence-electron chi connectivity index (χ1n) is 7.45. The zero-order valence-corrected chi connectivity index (χ0v) is 14.1. The van der Waals surface area contributed by atoms with Crippen molar-refractivity contribution >= 4 is 23.7 Å². The summed E-state index contributed by atoms with van der Waals surface area (Å²) < 4.78 is 5.08. The molecule has 1 aromatic heterocycles. The molecule has 7 heteroatoms. The number of carbonyl (C=O) groups is 1. The van der Waals surface area contributed by atoms with Crippen molar-refractivity contribution in [2.75, 3.05) is 7.11 Å². The highest BCUT2D eigenvalue weighted by molar-refractivity contribution is 6.33. The van der Waals surface area contributed by atoms with Crippen molar-refractivity contribution in [1.82, 2.24) is 15.6 Å². The van der Waals surface area contributed by atoms with Gasteiger partial charge in [-0.2, -0.15) is 10.2 Å². The van der Waals surface area contributed by atoms with Gasteiger partial charge >= 0.3 is 0 Å². The van der Waals surface area contributed by atoms with Crippen LogP contribution in [0, 0.1) is 0 Å². The fourth-order valence-corrected chi connectivity index (χ4v) is 2.39. The summed E-state index contributed by atoms with van der Waals surface area (Å²) in [5, 5.41) is 11.3. The lowest BCUT2D eigenvalue weighted by atomic mass is 10.1. The van der Waals surface area contributed by atoms with E-state index >= 15 is 0 Å². The highest BCUT2D eigenvalue weighted by Crippen LogP contribution is 2.26. The number of nitrogens with zero attached hydrogens (tertiary/aromatic N) is 2. The SMILES string of the molecule is COc1ccc(/C=N\NC(=O)c2cc(-c3ccccc3Cl)n[nH]2)cc1. The van der Waals surface area contributed by atoms with E-state index in [0.29, 0.717) is 16.4 Å². The molecule has 0 aliphatic rings. The third-order valence-corrected chi connectivity index (χ3v) is 3.80. The molecule has 3 rings (SSSR count). The van der Waals surface area contributed by atoms with E-state index in [4.69, 9.17) is 16.3 Å². The first-order chi connectivity index (χ1) is 12.2. The number of H-pyrrole nitrogens is 1. The largest absolute Gasteiger partial charge is 0.497 e. The Morgan fingerprint density at radius 3 is 2.72 bits per heavy atom. The number of hydrogen-bond acceptors (Lipinski definition) is 4. The number of benzene rings is 2. The summed E-state index contributed by atoms with van der Waals surface area (Å²) in [4.78, 5) is 12.1. The van der Waals surface area contributed by atoms with Crippen LogP contribution in [0.15, 0.2) is 59.7 Å². The number of methoxy groups -OCH3 is 1. The van der Waals surface area contributed by atoms with Crippen LogP contribution in [-0.4, -0.2) is 29.4 Å². The van der Waals surface area contributed by atoms with E-state index in [-0.39, 0.29) is 0 Å². The minimum absolute atomic E-state index is 0.293. The van der Waals surface area contributed by atoms with Gasteiger partial charge in [0.1, 0.15) is 11.4 Å². The summed E-state index contributed by atoms with van der Waals surface area (Å²) in [7, 11) is 1.60. The molecule has 0 radical (unpaired) electrons. The van der Waals surface area contributed by atoms with Gasteiger partial charge in [0.15, 0.2) is 0 Å². The van der Waals surface area contributed by atoms with Crippen LogP contribution in [0.1, 0.15) is 16.1 Å². The van der Waals surface area contributed by atoms with Crippen LogP contribution >= 0.6 is 11.6 Å². The molecule has 0 bridgehead atoms. The van der Waals surface area contributed by atoms with Gasteiger partial charge in [-0.3, -0.25) is 9.89 Å². The Morgan fingerprint density at radius 1 is 1.24 bits per heavy atom. The molecule has 3 aromatic rings. The van der Waals surface area contributed by atoms with Crippen molar-refractivity contribution in [2.24, 2.45) is 5.10 Å². The molecule has 0 saturated heterocycles. The minimum Gasteiger partial charge on any atom is -0.497 e. The van der Waals surface area contributed by atoms with Gasteiger partial charge in [0.05, 0.1) is 24.0 Å². The van der Waals surface area contributed by atoms with Crippen LogP contribution in [0.2, 0.25) is 5.02 Å². The second-order valence-corrected chi connectivity index (χ2v) is 5.53. The average molecular weight is 355 g/mol. The van der Waals surface area contributed by atoms with Crippen LogP contribution in [0.4, 0.5) is 0 Å². The minimum atomic E-state index is -0.393. The van der Waals surface area contributed by atoms with Crippen molar-refractivity contribution in [2.45, 2.75) is 0 Å². The fraction of sp³-hybridized carbons (Fsp3) is 0.0556. The van der Waals surface area contributed by atoms with Crippen LogP contribution < -0.4 is 10.2 Å². The molecule has 0 aliphatic heterocycles. The van der Waals surface area contributed by atoms with E-state index in [1.807, 2.05) is 42.5 Å². The number of nitrogens with one attached hydrogen (secondary N) is 2. The summed E-state index contributed by atoms with van der Waals surface area (Å²) in [5.41, 5.74) is 4.92. The number of hydrazone groups is 1. The maximum absolute atomic E-state index is 12.1. The molecular weight excluding hydrogens is 340 g/mol. The maximum Gasteiger partial charge on any atom is 0.289 e. The monoisotopic (exact) mass is 354 g/mol. The number of aromatic amines is 1. The van der Waals surface area contributed by atoms with Crippen molar-refractivity contribution < 1.29 is 9.53 Å². The summed E-state index contributed by atoms with van der Waals surface area (Å²) in [6.45, 7) is 0. The Labute approximate surface area is 149 Å². The highest BCUT2D eigenvalue weighted by Gasteiger charge is 2.12. The Kier molecular flexibility index (Phi) is 5.11. The molecule has 0 saturated carbocycles. The lowest BCUT2D eigenvalue weighted by Gasteiger charge is -1.99. The number of aromatic nitrogens is 2. The van der Waals surface area contributed by atoms with Crippen LogP contribution in [-0.2, 0) is 0 Å². The predicted octanol–water partition coefficient (Wildman–Crippen LogP) is 3.50. The molecular formula is C18H15ClN4O2. The molecule has 0 fully saturated rings. The van der Waals surface area contributed by atoms with E-state index in [1.165, 1.54) is 0 Å². The quantitative estimate of drug-likeness (QED) is 0.543. The fourth-order valence-electron chi connectivity index (χ4n) is 2.16. The second kappa shape index (κ2) is 7.63. The van der Waals surface area contributed by atoms with E-state index in [2.05, 4.69) is 20.7 Å². The normalized spacial score (nSPS) is 10.8. The van der Waals surface area contributed by atoms with Crippen molar-refractivity contribution in [1.29, 1.82) is 0 Å². The number of ether oxygens (including phenoxy) is 1. The van der Waals surface area contributed by atoms with E-state index in [1.54, 1.807) is 25.5 Å². The third kappa shape index (κ3) is 4.05. The van der Waals surface area contributed by atoms with Crippen molar-refractivity contribution in [3.63, 3.8) is 0 Å². The smallest absolute Gasteiger partial charge is 0.289 e. The third-order valence-electron chi connectivity index (χ3n) is 3.47. The van der Waals surface area contributed by atoms with Gasteiger partial charge in [0, 0.05) is 5.56 Å². The maximum atomic E-state index is 12.1. The van der Waals surface area contributed by atoms with Gasteiger partial charge in [0.2, 0.25) is 0 Å². The van der Waals surface area contributed by atoms with Gasteiger partial charge in [-0.15, -0.1) is 0 Å². The number of halogens is 1. The first kappa shape index (κ1) is 16.7. The number of amides is 1. The molecule has 1 amide bonds. The first-order valence-corrected chi connectivity index (χ1v) is 7.83. The Bertz CT molecular complexity index is 903. The molecule has 126 valence electrons. The number of rotatable bonds is 5. The zero-order valence-electron chi connectivity index (χ0n) is 13.4. The molecule has 0 unspecified atom stereocenters.